The molecule has 3 nitrogen and oxygen atoms in total. The molecule has 2 heterocycles. The van der Waals surface area contributed by atoms with Gasteiger partial charge in [-0.3, -0.25) is 4.90 Å². The first-order valence-corrected chi connectivity index (χ1v) is 8.00. The molecule has 1 saturated heterocycles. The lowest BCUT2D eigenvalue weighted by molar-refractivity contribution is 0.197. The maximum absolute atomic E-state index is 14.7. The number of piperazine rings is 1. The van der Waals surface area contributed by atoms with Gasteiger partial charge in [-0.15, -0.1) is 36.2 Å². The minimum Gasteiger partial charge on any atom is -0.494 e. The number of hydrogen-bond donors (Lipinski definition) is 1. The number of rotatable bonds is 4. The molecule has 1 aliphatic rings. The van der Waals surface area contributed by atoms with Gasteiger partial charge in [0.2, 0.25) is 0 Å². The molecule has 3 rings (SSSR count). The molecule has 1 N–H and O–H groups in total. The van der Waals surface area contributed by atoms with Gasteiger partial charge in [0, 0.05) is 36.6 Å². The van der Waals surface area contributed by atoms with E-state index in [0.29, 0.717) is 11.3 Å². The van der Waals surface area contributed by atoms with Crippen LogP contribution in [0.1, 0.15) is 16.5 Å². The van der Waals surface area contributed by atoms with E-state index in [4.69, 9.17) is 4.74 Å². The Kier molecular flexibility index (Phi) is 8.29. The maximum atomic E-state index is 14.7. The zero-order chi connectivity index (χ0) is 14.7. The van der Waals surface area contributed by atoms with Gasteiger partial charge < -0.3 is 10.1 Å². The Hall–Kier alpha value is -0.850. The third kappa shape index (κ3) is 4.37. The van der Waals surface area contributed by atoms with Crippen LogP contribution in [0, 0.1) is 5.82 Å². The van der Waals surface area contributed by atoms with E-state index in [-0.39, 0.29) is 36.7 Å². The summed E-state index contributed by atoms with van der Waals surface area (Å²) < 4.78 is 19.8. The zero-order valence-electron chi connectivity index (χ0n) is 12.8. The molecular formula is C16H21Cl2FN2OS. The van der Waals surface area contributed by atoms with Crippen LogP contribution in [0.25, 0.3) is 0 Å². The summed E-state index contributed by atoms with van der Waals surface area (Å²) in [6, 6.07) is 9.46. The highest BCUT2D eigenvalue weighted by atomic mass is 35.5. The number of hydrogen-bond acceptors (Lipinski definition) is 4. The van der Waals surface area contributed by atoms with Crippen molar-refractivity contribution in [2.24, 2.45) is 0 Å². The predicted molar refractivity (Wildman–Crippen MR) is 98.1 cm³/mol. The Balaban J connectivity index is 0.00000132. The minimum atomic E-state index is -0.253. The van der Waals surface area contributed by atoms with E-state index < -0.39 is 0 Å². The van der Waals surface area contributed by atoms with Crippen LogP contribution in [0.4, 0.5) is 4.39 Å². The van der Waals surface area contributed by atoms with Crippen molar-refractivity contribution >= 4 is 36.2 Å². The van der Waals surface area contributed by atoms with Crippen molar-refractivity contribution < 1.29 is 9.13 Å². The molecule has 7 heteroatoms. The number of halogens is 3. The van der Waals surface area contributed by atoms with Gasteiger partial charge in [-0.05, 0) is 17.5 Å². The molecule has 1 aliphatic heterocycles. The first kappa shape index (κ1) is 20.2. The van der Waals surface area contributed by atoms with Crippen LogP contribution >= 0.6 is 36.2 Å². The van der Waals surface area contributed by atoms with Gasteiger partial charge in [0.15, 0.2) is 11.6 Å². The van der Waals surface area contributed by atoms with Gasteiger partial charge in [0.05, 0.1) is 13.2 Å². The number of benzene rings is 1. The van der Waals surface area contributed by atoms with Gasteiger partial charge >= 0.3 is 0 Å². The van der Waals surface area contributed by atoms with Crippen LogP contribution in [0.5, 0.6) is 5.75 Å². The van der Waals surface area contributed by atoms with E-state index in [9.17, 15) is 4.39 Å². The normalized spacial score (nSPS) is 16.1. The van der Waals surface area contributed by atoms with Crippen molar-refractivity contribution in [1.29, 1.82) is 0 Å². The van der Waals surface area contributed by atoms with Crippen LogP contribution in [-0.4, -0.2) is 38.2 Å². The summed E-state index contributed by atoms with van der Waals surface area (Å²) >= 11 is 1.67. The molecule has 0 spiro atoms. The van der Waals surface area contributed by atoms with Gasteiger partial charge in [-0.1, -0.05) is 18.2 Å². The minimum absolute atomic E-state index is 0. The van der Waals surface area contributed by atoms with E-state index in [1.807, 2.05) is 23.6 Å². The molecule has 0 radical (unpaired) electrons. The third-order valence-corrected chi connectivity index (χ3v) is 4.76. The van der Waals surface area contributed by atoms with Gasteiger partial charge in [0.1, 0.15) is 0 Å². The van der Waals surface area contributed by atoms with Crippen molar-refractivity contribution in [3.63, 3.8) is 0 Å². The van der Waals surface area contributed by atoms with Crippen molar-refractivity contribution in [2.45, 2.75) is 6.04 Å². The molecule has 0 unspecified atom stereocenters. The van der Waals surface area contributed by atoms with E-state index >= 15 is 0 Å². The zero-order valence-corrected chi connectivity index (χ0v) is 15.3. The second-order valence-corrected chi connectivity index (χ2v) is 6.05. The summed E-state index contributed by atoms with van der Waals surface area (Å²) in [5, 5.41) is 5.39. The first-order valence-electron chi connectivity index (χ1n) is 7.12. The highest BCUT2D eigenvalue weighted by Crippen LogP contribution is 2.35. The molecule has 1 aromatic carbocycles. The topological polar surface area (TPSA) is 24.5 Å². The van der Waals surface area contributed by atoms with Crippen molar-refractivity contribution in [2.75, 3.05) is 33.3 Å². The lowest BCUT2D eigenvalue weighted by Gasteiger charge is -2.35. The fourth-order valence-corrected chi connectivity index (χ4v) is 3.69. The lowest BCUT2D eigenvalue weighted by atomic mass is 10.0. The largest absolute Gasteiger partial charge is 0.494 e. The lowest BCUT2D eigenvalue weighted by Crippen LogP contribution is -2.45. The highest BCUT2D eigenvalue weighted by Gasteiger charge is 2.28. The average molecular weight is 379 g/mol. The molecule has 128 valence electrons. The van der Waals surface area contributed by atoms with Crippen molar-refractivity contribution in [1.82, 2.24) is 10.2 Å². The summed E-state index contributed by atoms with van der Waals surface area (Å²) in [7, 11) is 1.51. The number of thiophene rings is 1. The summed E-state index contributed by atoms with van der Waals surface area (Å²) in [6.07, 6.45) is 0. The number of nitrogens with zero attached hydrogens (tertiary/aromatic N) is 1. The molecule has 0 amide bonds. The monoisotopic (exact) mass is 378 g/mol. The summed E-state index contributed by atoms with van der Waals surface area (Å²) in [6.45, 7) is 3.71. The number of methoxy groups -OCH3 is 1. The smallest absolute Gasteiger partial charge is 0.170 e. The van der Waals surface area contributed by atoms with E-state index in [2.05, 4.69) is 16.3 Å². The summed E-state index contributed by atoms with van der Waals surface area (Å²) in [5.41, 5.74) is 0.693. The fraction of sp³-hybridized carbons (Fsp3) is 0.375. The molecular weight excluding hydrogens is 358 g/mol. The molecule has 1 aromatic heterocycles. The first-order chi connectivity index (χ1) is 10.3. The van der Waals surface area contributed by atoms with Crippen LogP contribution in [0.2, 0.25) is 0 Å². The molecule has 0 aliphatic carbocycles. The molecule has 1 fully saturated rings. The summed E-state index contributed by atoms with van der Waals surface area (Å²) in [4.78, 5) is 3.50. The van der Waals surface area contributed by atoms with Crippen LogP contribution in [0.3, 0.4) is 0 Å². The van der Waals surface area contributed by atoms with Gasteiger partial charge in [-0.2, -0.15) is 0 Å². The second-order valence-electron chi connectivity index (χ2n) is 5.07. The molecule has 0 bridgehead atoms. The maximum Gasteiger partial charge on any atom is 0.170 e. The van der Waals surface area contributed by atoms with Crippen LogP contribution in [0.15, 0.2) is 35.7 Å². The van der Waals surface area contributed by atoms with Crippen molar-refractivity contribution in [3.8, 4) is 5.75 Å². The second kappa shape index (κ2) is 9.45. The van der Waals surface area contributed by atoms with E-state index in [1.54, 1.807) is 17.4 Å². The highest BCUT2D eigenvalue weighted by molar-refractivity contribution is 7.10. The number of nitrogens with one attached hydrogen (secondary N) is 1. The Bertz CT molecular complexity index is 592. The average Bonchev–Trinajstić information content (AvgIpc) is 3.04. The molecule has 1 atom stereocenters. The van der Waals surface area contributed by atoms with Crippen LogP contribution in [-0.2, 0) is 0 Å². The Morgan fingerprint density at radius 2 is 1.91 bits per heavy atom. The predicted octanol–water partition coefficient (Wildman–Crippen LogP) is 3.73. The summed E-state index contributed by atoms with van der Waals surface area (Å²) in [5.74, 6) is 0.0566. The van der Waals surface area contributed by atoms with Crippen LogP contribution < -0.4 is 10.1 Å². The van der Waals surface area contributed by atoms with E-state index in [0.717, 1.165) is 26.2 Å². The molecule has 2 aromatic rings. The Morgan fingerprint density at radius 1 is 1.17 bits per heavy atom. The third-order valence-electron chi connectivity index (χ3n) is 3.84. The Labute approximate surface area is 152 Å². The van der Waals surface area contributed by atoms with Crippen molar-refractivity contribution in [3.05, 3.63) is 52.0 Å². The molecule has 0 saturated carbocycles. The van der Waals surface area contributed by atoms with Gasteiger partial charge in [-0.25, -0.2) is 4.39 Å². The fourth-order valence-electron chi connectivity index (χ4n) is 2.81. The quantitative estimate of drug-likeness (QED) is 0.876. The SMILES string of the molecule is COc1cccc([C@H](c2cccs2)N2CCNCC2)c1F.Cl.Cl. The Morgan fingerprint density at radius 3 is 2.52 bits per heavy atom. The standard InChI is InChI=1S/C16H19FN2OS.2ClH/c1-20-13-5-2-4-12(15(13)17)16(14-6-3-11-21-14)19-9-7-18-8-10-19;;/h2-6,11,16,18H,7-10H2,1H3;2*1H/t16-;;/m1../s1. The van der Waals surface area contributed by atoms with E-state index in [1.165, 1.54) is 12.0 Å². The number of ether oxygens (including phenoxy) is 1. The van der Waals surface area contributed by atoms with Gasteiger partial charge in [0.25, 0.3) is 0 Å². The molecule has 23 heavy (non-hydrogen) atoms.